The molecule has 1 saturated heterocycles. The summed E-state index contributed by atoms with van der Waals surface area (Å²) in [7, 11) is 0. The number of aliphatic hydroxyl groups excluding tert-OH is 1. The molecule has 0 bridgehead atoms. The first-order valence-corrected chi connectivity index (χ1v) is 12.0. The summed E-state index contributed by atoms with van der Waals surface area (Å²) in [5, 5.41) is 11.2. The van der Waals surface area contributed by atoms with E-state index >= 15 is 0 Å². The van der Waals surface area contributed by atoms with Gasteiger partial charge in [0, 0.05) is 12.1 Å². The van der Waals surface area contributed by atoms with Crippen LogP contribution in [0.5, 0.6) is 0 Å². The van der Waals surface area contributed by atoms with Crippen LogP contribution < -0.4 is 0 Å². The van der Waals surface area contributed by atoms with Crippen molar-refractivity contribution in [3.05, 3.63) is 76.4 Å². The van der Waals surface area contributed by atoms with Gasteiger partial charge in [-0.15, -0.1) is 0 Å². The molecule has 0 aromatic heterocycles. The largest absolute Gasteiger partial charge is 0.507 e. The molecule has 1 amide bonds. The van der Waals surface area contributed by atoms with Crippen LogP contribution in [0.15, 0.2) is 54.1 Å². The number of hydrogen-bond acceptors (Lipinski definition) is 4. The van der Waals surface area contributed by atoms with Gasteiger partial charge >= 0.3 is 0 Å². The van der Waals surface area contributed by atoms with E-state index < -0.39 is 17.7 Å². The lowest BCUT2D eigenvalue weighted by Gasteiger charge is -2.27. The van der Waals surface area contributed by atoms with Crippen molar-refractivity contribution in [1.29, 1.82) is 0 Å². The molecule has 1 unspecified atom stereocenters. The second-order valence-corrected chi connectivity index (χ2v) is 9.06. The van der Waals surface area contributed by atoms with Crippen LogP contribution in [-0.4, -0.2) is 52.8 Å². The molecule has 0 saturated carbocycles. The van der Waals surface area contributed by atoms with Gasteiger partial charge in [0.25, 0.3) is 11.7 Å². The van der Waals surface area contributed by atoms with E-state index in [0.29, 0.717) is 18.0 Å². The zero-order chi connectivity index (χ0) is 24.1. The molecule has 2 aromatic carbocycles. The number of amides is 1. The maximum atomic E-state index is 13.1. The van der Waals surface area contributed by atoms with Crippen LogP contribution in [0.4, 0.5) is 0 Å². The number of aryl methyl sites for hydroxylation is 1. The lowest BCUT2D eigenvalue weighted by Crippen LogP contribution is -2.33. The normalized spacial score (nSPS) is 18.0. The molecule has 2 aromatic rings. The molecule has 0 aliphatic carbocycles. The second kappa shape index (κ2) is 10.8. The van der Waals surface area contributed by atoms with Crippen molar-refractivity contribution in [3.8, 4) is 0 Å². The fourth-order valence-electron chi connectivity index (χ4n) is 4.39. The molecule has 1 fully saturated rings. The Morgan fingerprint density at radius 3 is 2.15 bits per heavy atom. The molecule has 33 heavy (non-hydrogen) atoms. The van der Waals surface area contributed by atoms with Gasteiger partial charge in [0.2, 0.25) is 0 Å². The van der Waals surface area contributed by atoms with Gasteiger partial charge in [-0.05, 0) is 50.0 Å². The van der Waals surface area contributed by atoms with E-state index in [2.05, 4.69) is 32.6 Å². The van der Waals surface area contributed by atoms with Gasteiger partial charge in [0.1, 0.15) is 5.76 Å². The van der Waals surface area contributed by atoms with Crippen LogP contribution in [0, 0.1) is 6.92 Å². The zero-order valence-electron chi connectivity index (χ0n) is 20.5. The van der Waals surface area contributed by atoms with Gasteiger partial charge < -0.3 is 14.9 Å². The van der Waals surface area contributed by atoms with Gasteiger partial charge in [-0.25, -0.2) is 0 Å². The van der Waals surface area contributed by atoms with Crippen molar-refractivity contribution in [3.63, 3.8) is 0 Å². The third-order valence-corrected chi connectivity index (χ3v) is 6.55. The summed E-state index contributed by atoms with van der Waals surface area (Å²) >= 11 is 0. The first-order valence-electron chi connectivity index (χ1n) is 12.0. The maximum absolute atomic E-state index is 13.1. The van der Waals surface area contributed by atoms with Crippen molar-refractivity contribution in [2.45, 2.75) is 53.0 Å². The molecular formula is C28H36N2O3. The highest BCUT2D eigenvalue weighted by Gasteiger charge is 2.45. The van der Waals surface area contributed by atoms with Crippen molar-refractivity contribution in [2.24, 2.45) is 0 Å². The number of likely N-dealkylation sites (tertiary alicyclic amines) is 1. The highest BCUT2D eigenvalue weighted by Crippen LogP contribution is 2.39. The third-order valence-electron chi connectivity index (χ3n) is 6.55. The lowest BCUT2D eigenvalue weighted by molar-refractivity contribution is -0.140. The van der Waals surface area contributed by atoms with E-state index in [1.807, 2.05) is 43.3 Å². The monoisotopic (exact) mass is 448 g/mol. The Bertz CT molecular complexity index is 1000. The van der Waals surface area contributed by atoms with E-state index in [4.69, 9.17) is 0 Å². The van der Waals surface area contributed by atoms with Crippen LogP contribution >= 0.6 is 0 Å². The van der Waals surface area contributed by atoms with E-state index in [1.165, 1.54) is 5.56 Å². The Morgan fingerprint density at radius 2 is 1.61 bits per heavy atom. The molecule has 0 spiro atoms. The third kappa shape index (κ3) is 5.36. The van der Waals surface area contributed by atoms with Crippen LogP contribution in [0.2, 0.25) is 0 Å². The summed E-state index contributed by atoms with van der Waals surface area (Å²) in [6.45, 7) is 13.7. The number of nitrogens with zero attached hydrogens (tertiary/aromatic N) is 2. The smallest absolute Gasteiger partial charge is 0.295 e. The number of rotatable bonds is 9. The summed E-state index contributed by atoms with van der Waals surface area (Å²) in [4.78, 5) is 30.2. The van der Waals surface area contributed by atoms with E-state index in [-0.39, 0.29) is 11.3 Å². The summed E-state index contributed by atoms with van der Waals surface area (Å²) < 4.78 is 0. The van der Waals surface area contributed by atoms with Crippen LogP contribution in [0.25, 0.3) is 5.76 Å². The minimum absolute atomic E-state index is 0.113. The minimum Gasteiger partial charge on any atom is -0.507 e. The SMILES string of the molecule is CCN(CC)CCCN1C(=O)C(=O)C(=C(O)c2ccc(C)cc2)C1c1ccc(C(C)C)cc1. The number of carbonyl (C=O) groups excluding carboxylic acids is 2. The summed E-state index contributed by atoms with van der Waals surface area (Å²) in [6, 6.07) is 14.8. The predicted molar refractivity (Wildman–Crippen MR) is 133 cm³/mol. The Labute approximate surface area is 197 Å². The van der Waals surface area contributed by atoms with Crippen LogP contribution in [0.3, 0.4) is 0 Å². The fourth-order valence-corrected chi connectivity index (χ4v) is 4.39. The molecule has 176 valence electrons. The summed E-state index contributed by atoms with van der Waals surface area (Å²) in [6.07, 6.45) is 0.764. The van der Waals surface area contributed by atoms with Gasteiger partial charge in [0.05, 0.1) is 11.6 Å². The number of benzene rings is 2. The van der Waals surface area contributed by atoms with E-state index in [9.17, 15) is 14.7 Å². The average molecular weight is 449 g/mol. The molecule has 3 rings (SSSR count). The van der Waals surface area contributed by atoms with Gasteiger partial charge in [-0.2, -0.15) is 0 Å². The number of carbonyl (C=O) groups is 2. The molecule has 0 radical (unpaired) electrons. The van der Waals surface area contributed by atoms with Gasteiger partial charge in [-0.3, -0.25) is 9.59 Å². The molecule has 5 heteroatoms. The molecule has 1 N–H and O–H groups in total. The Balaban J connectivity index is 2.03. The average Bonchev–Trinajstić information content (AvgIpc) is 3.07. The van der Waals surface area contributed by atoms with Crippen molar-refractivity contribution in [1.82, 2.24) is 9.80 Å². The molecule has 1 aliphatic heterocycles. The first kappa shape index (κ1) is 24.7. The highest BCUT2D eigenvalue weighted by atomic mass is 16.3. The molecule has 1 aliphatic rings. The number of hydrogen-bond donors (Lipinski definition) is 1. The number of aliphatic hydroxyl groups is 1. The fraction of sp³-hybridized carbons (Fsp3) is 0.429. The van der Waals surface area contributed by atoms with Gasteiger partial charge in [-0.1, -0.05) is 81.8 Å². The number of Topliss-reactive ketones (excluding diaryl/α,β-unsaturated/α-hetero) is 1. The second-order valence-electron chi connectivity index (χ2n) is 9.06. The Hall–Kier alpha value is -2.92. The number of ketones is 1. The molecule has 1 atom stereocenters. The van der Waals surface area contributed by atoms with Crippen molar-refractivity contribution >= 4 is 17.4 Å². The van der Waals surface area contributed by atoms with E-state index in [0.717, 1.165) is 37.2 Å². The molecule has 5 nitrogen and oxygen atoms in total. The molecule has 1 heterocycles. The zero-order valence-corrected chi connectivity index (χ0v) is 20.5. The standard InChI is InChI=1S/C28H36N2O3/c1-6-29(7-2)17-8-18-30-25(22-15-13-21(14-16-22)19(3)4)24(27(32)28(30)33)26(31)23-11-9-20(5)10-12-23/h9-16,19,25,31H,6-8,17-18H2,1-5H3. The maximum Gasteiger partial charge on any atom is 0.295 e. The van der Waals surface area contributed by atoms with Crippen LogP contribution in [-0.2, 0) is 9.59 Å². The van der Waals surface area contributed by atoms with E-state index in [1.54, 1.807) is 17.0 Å². The lowest BCUT2D eigenvalue weighted by atomic mass is 9.93. The van der Waals surface area contributed by atoms with Gasteiger partial charge in [0.15, 0.2) is 0 Å². The van der Waals surface area contributed by atoms with Crippen molar-refractivity contribution in [2.75, 3.05) is 26.2 Å². The van der Waals surface area contributed by atoms with Crippen LogP contribution in [0.1, 0.15) is 68.3 Å². The predicted octanol–water partition coefficient (Wildman–Crippen LogP) is 5.27. The minimum atomic E-state index is -0.617. The first-order chi connectivity index (χ1) is 15.8. The summed E-state index contributed by atoms with van der Waals surface area (Å²) in [5.74, 6) is -0.889. The van der Waals surface area contributed by atoms with Crippen molar-refractivity contribution < 1.29 is 14.7 Å². The summed E-state index contributed by atoms with van der Waals surface area (Å²) in [5.41, 5.74) is 3.81. The topological polar surface area (TPSA) is 60.9 Å². The Morgan fingerprint density at radius 1 is 1.00 bits per heavy atom. The highest BCUT2D eigenvalue weighted by molar-refractivity contribution is 6.46. The quantitative estimate of drug-likeness (QED) is 0.322. The molecular weight excluding hydrogens is 412 g/mol. The Kier molecular flexibility index (Phi) is 8.09.